The van der Waals surface area contributed by atoms with E-state index in [-0.39, 0.29) is 11.8 Å². The number of carbonyl (C=O) groups excluding carboxylic acids is 2. The first-order valence-electron chi connectivity index (χ1n) is 11.2. The van der Waals surface area contributed by atoms with E-state index in [1.54, 1.807) is 0 Å². The van der Waals surface area contributed by atoms with Crippen molar-refractivity contribution in [3.8, 4) is 0 Å². The van der Waals surface area contributed by atoms with Gasteiger partial charge in [0.2, 0.25) is 0 Å². The summed E-state index contributed by atoms with van der Waals surface area (Å²) >= 11 is 0. The number of carbonyl (C=O) groups is 2. The van der Waals surface area contributed by atoms with Crippen LogP contribution in [-0.4, -0.2) is 11.8 Å². The molecule has 0 aliphatic carbocycles. The molecule has 0 radical (unpaired) electrons. The number of para-hydroxylation sites is 2. The number of hydrogen-bond acceptors (Lipinski definition) is 2. The van der Waals surface area contributed by atoms with E-state index in [0.29, 0.717) is 11.1 Å². The fourth-order valence-corrected chi connectivity index (χ4v) is 3.57. The second-order valence-corrected chi connectivity index (χ2v) is 8.17. The molecule has 0 fully saturated rings. The maximum absolute atomic E-state index is 12.0. The van der Waals surface area contributed by atoms with Gasteiger partial charge < -0.3 is 10.6 Å². The lowest BCUT2D eigenvalue weighted by atomic mass is 10.1. The molecule has 0 heterocycles. The molecule has 0 unspecified atom stereocenters. The molecule has 4 heteroatoms. The van der Waals surface area contributed by atoms with Gasteiger partial charge in [-0.3, -0.25) is 9.59 Å². The zero-order valence-corrected chi connectivity index (χ0v) is 20.1. The van der Waals surface area contributed by atoms with E-state index in [1.165, 1.54) is 0 Å². The highest BCUT2D eigenvalue weighted by Gasteiger charge is 2.09. The van der Waals surface area contributed by atoms with Gasteiger partial charge in [0.05, 0.1) is 0 Å². The van der Waals surface area contributed by atoms with Gasteiger partial charge in [-0.25, -0.2) is 0 Å². The van der Waals surface area contributed by atoms with Gasteiger partial charge in [0.1, 0.15) is 0 Å². The Balaban J connectivity index is 0.000000191. The molecular formula is C30H30N2O2. The number of benzene rings is 4. The van der Waals surface area contributed by atoms with Gasteiger partial charge in [-0.15, -0.1) is 0 Å². The first-order chi connectivity index (χ1) is 16.4. The topological polar surface area (TPSA) is 58.2 Å². The van der Waals surface area contributed by atoms with Crippen LogP contribution in [0.1, 0.15) is 43.0 Å². The van der Waals surface area contributed by atoms with Gasteiger partial charge in [0.25, 0.3) is 11.8 Å². The minimum atomic E-state index is -0.0667. The van der Waals surface area contributed by atoms with Crippen molar-refractivity contribution in [2.75, 3.05) is 10.6 Å². The van der Waals surface area contributed by atoms with Crippen molar-refractivity contribution in [3.63, 3.8) is 0 Å². The lowest BCUT2D eigenvalue weighted by molar-refractivity contribution is 0.101. The van der Waals surface area contributed by atoms with Crippen LogP contribution in [0.25, 0.3) is 0 Å². The van der Waals surface area contributed by atoms with Crippen molar-refractivity contribution >= 4 is 23.2 Å². The monoisotopic (exact) mass is 450 g/mol. The molecule has 4 nitrogen and oxygen atoms in total. The SMILES string of the molecule is Cc1cccc(C)c1NC(=O)c1ccccc1.Cc1cccc(C)c1NC(=O)c1ccccc1. The van der Waals surface area contributed by atoms with Crippen molar-refractivity contribution in [2.45, 2.75) is 27.7 Å². The molecule has 4 aromatic carbocycles. The Morgan fingerprint density at radius 3 is 1.03 bits per heavy atom. The van der Waals surface area contributed by atoms with Crippen LogP contribution in [0.4, 0.5) is 11.4 Å². The van der Waals surface area contributed by atoms with Gasteiger partial charge in [0, 0.05) is 22.5 Å². The molecule has 0 saturated carbocycles. The third-order valence-electron chi connectivity index (χ3n) is 5.51. The smallest absolute Gasteiger partial charge is 0.255 e. The lowest BCUT2D eigenvalue weighted by Gasteiger charge is -2.11. The van der Waals surface area contributed by atoms with Gasteiger partial charge in [-0.05, 0) is 74.2 Å². The average Bonchev–Trinajstić information content (AvgIpc) is 2.85. The van der Waals surface area contributed by atoms with Crippen LogP contribution in [0, 0.1) is 27.7 Å². The number of nitrogens with one attached hydrogen (secondary N) is 2. The Hall–Kier alpha value is -4.18. The third-order valence-corrected chi connectivity index (χ3v) is 5.51. The zero-order chi connectivity index (χ0) is 24.5. The van der Waals surface area contributed by atoms with Crippen molar-refractivity contribution in [1.82, 2.24) is 0 Å². The molecule has 0 spiro atoms. The number of anilines is 2. The highest BCUT2D eigenvalue weighted by Crippen LogP contribution is 2.21. The Morgan fingerprint density at radius 1 is 0.441 bits per heavy atom. The summed E-state index contributed by atoms with van der Waals surface area (Å²) in [6.07, 6.45) is 0. The van der Waals surface area contributed by atoms with Crippen molar-refractivity contribution in [1.29, 1.82) is 0 Å². The van der Waals surface area contributed by atoms with Crippen LogP contribution in [0.3, 0.4) is 0 Å². The van der Waals surface area contributed by atoms with Crippen LogP contribution in [-0.2, 0) is 0 Å². The molecule has 0 aliphatic heterocycles. The summed E-state index contributed by atoms with van der Waals surface area (Å²) in [5, 5.41) is 5.91. The Labute approximate surface area is 201 Å². The molecule has 172 valence electrons. The minimum Gasteiger partial charge on any atom is -0.322 e. The summed E-state index contributed by atoms with van der Waals surface area (Å²) in [6, 6.07) is 30.4. The second-order valence-electron chi connectivity index (χ2n) is 8.17. The third kappa shape index (κ3) is 6.42. The maximum atomic E-state index is 12.0. The molecule has 0 saturated heterocycles. The van der Waals surface area contributed by atoms with Gasteiger partial charge >= 0.3 is 0 Å². The molecular weight excluding hydrogens is 420 g/mol. The van der Waals surface area contributed by atoms with E-state index in [4.69, 9.17) is 0 Å². The number of aryl methyl sites for hydroxylation is 4. The van der Waals surface area contributed by atoms with Crippen molar-refractivity contribution in [2.24, 2.45) is 0 Å². The number of rotatable bonds is 4. The van der Waals surface area contributed by atoms with Crippen LogP contribution >= 0.6 is 0 Å². The molecule has 0 atom stereocenters. The Kier molecular flexibility index (Phi) is 8.36. The predicted molar refractivity (Wildman–Crippen MR) is 141 cm³/mol. The molecule has 2 N–H and O–H groups in total. The first-order valence-corrected chi connectivity index (χ1v) is 11.2. The van der Waals surface area contributed by atoms with E-state index in [1.807, 2.05) is 125 Å². The Bertz CT molecular complexity index is 1120. The summed E-state index contributed by atoms with van der Waals surface area (Å²) in [4.78, 5) is 24.0. The zero-order valence-electron chi connectivity index (χ0n) is 20.1. The summed E-state index contributed by atoms with van der Waals surface area (Å²) in [6.45, 7) is 7.97. The van der Waals surface area contributed by atoms with Gasteiger partial charge in [0.15, 0.2) is 0 Å². The minimum absolute atomic E-state index is 0.0667. The number of amides is 2. The molecule has 4 aromatic rings. The van der Waals surface area contributed by atoms with E-state index in [9.17, 15) is 9.59 Å². The predicted octanol–water partition coefficient (Wildman–Crippen LogP) is 7.11. The number of hydrogen-bond donors (Lipinski definition) is 2. The molecule has 0 bridgehead atoms. The molecule has 4 rings (SSSR count). The van der Waals surface area contributed by atoms with E-state index in [2.05, 4.69) is 10.6 Å². The van der Waals surface area contributed by atoms with Crippen molar-refractivity contribution < 1.29 is 9.59 Å². The van der Waals surface area contributed by atoms with Crippen LogP contribution in [0.2, 0.25) is 0 Å². The largest absolute Gasteiger partial charge is 0.322 e. The second kappa shape index (κ2) is 11.6. The fourth-order valence-electron chi connectivity index (χ4n) is 3.57. The summed E-state index contributed by atoms with van der Waals surface area (Å²) < 4.78 is 0. The van der Waals surface area contributed by atoms with Crippen LogP contribution in [0.5, 0.6) is 0 Å². The van der Waals surface area contributed by atoms with Crippen LogP contribution < -0.4 is 10.6 Å². The molecule has 34 heavy (non-hydrogen) atoms. The van der Waals surface area contributed by atoms with E-state index >= 15 is 0 Å². The van der Waals surface area contributed by atoms with E-state index in [0.717, 1.165) is 33.6 Å². The molecule has 2 amide bonds. The first kappa shape index (κ1) is 24.5. The van der Waals surface area contributed by atoms with E-state index < -0.39 is 0 Å². The summed E-state index contributed by atoms with van der Waals surface area (Å²) in [5.41, 5.74) is 7.47. The standard InChI is InChI=1S/2C15H15NO/c2*1-11-7-6-8-12(2)14(11)16-15(17)13-9-4-3-5-10-13/h2*3-10H,1-2H3,(H,16,17). The normalized spacial score (nSPS) is 10.0. The highest BCUT2D eigenvalue weighted by molar-refractivity contribution is 6.05. The Morgan fingerprint density at radius 2 is 0.735 bits per heavy atom. The van der Waals surface area contributed by atoms with Crippen molar-refractivity contribution in [3.05, 3.63) is 130 Å². The molecule has 0 aromatic heterocycles. The highest BCUT2D eigenvalue weighted by atomic mass is 16.2. The fraction of sp³-hybridized carbons (Fsp3) is 0.133. The lowest BCUT2D eigenvalue weighted by Crippen LogP contribution is -2.13. The maximum Gasteiger partial charge on any atom is 0.255 e. The van der Waals surface area contributed by atoms with Gasteiger partial charge in [-0.1, -0.05) is 72.8 Å². The summed E-state index contributed by atoms with van der Waals surface area (Å²) in [7, 11) is 0. The van der Waals surface area contributed by atoms with Crippen LogP contribution in [0.15, 0.2) is 97.1 Å². The van der Waals surface area contributed by atoms with Gasteiger partial charge in [-0.2, -0.15) is 0 Å². The molecule has 0 aliphatic rings. The quantitative estimate of drug-likeness (QED) is 0.348. The average molecular weight is 451 g/mol. The summed E-state index contributed by atoms with van der Waals surface area (Å²) in [5.74, 6) is -0.133.